The Bertz CT molecular complexity index is 516. The molecular weight excluding hydrogens is 362 g/mol. The highest BCUT2D eigenvalue weighted by Crippen LogP contribution is 2.29. The van der Waals surface area contributed by atoms with E-state index in [0.29, 0.717) is 12.5 Å². The fourth-order valence-corrected chi connectivity index (χ4v) is 5.16. The summed E-state index contributed by atoms with van der Waals surface area (Å²) in [4.78, 5) is 15.4. The molecule has 0 aromatic heterocycles. The van der Waals surface area contributed by atoms with E-state index in [4.69, 9.17) is 0 Å². The number of carbonyl (C=O) groups is 1. The molecule has 3 nitrogen and oxygen atoms in total. The number of hydrogen-bond donors (Lipinski definition) is 0. The molecule has 1 amide bonds. The lowest BCUT2D eigenvalue weighted by molar-refractivity contribution is -0.135. The predicted octanol–water partition coefficient (Wildman–Crippen LogP) is 3.74. The van der Waals surface area contributed by atoms with E-state index in [9.17, 15) is 9.35 Å². The van der Waals surface area contributed by atoms with E-state index in [0.717, 1.165) is 35.2 Å². The van der Waals surface area contributed by atoms with Gasteiger partial charge >= 0.3 is 0 Å². The second kappa shape index (κ2) is 7.37. The van der Waals surface area contributed by atoms with E-state index in [1.54, 1.807) is 0 Å². The van der Waals surface area contributed by atoms with Crippen LogP contribution in [0.2, 0.25) is 0 Å². The van der Waals surface area contributed by atoms with Gasteiger partial charge in [0, 0.05) is 23.4 Å². The van der Waals surface area contributed by atoms with Crippen molar-refractivity contribution in [1.82, 2.24) is 4.90 Å². The maximum Gasteiger partial charge on any atom is 0.225 e. The number of nitrogens with zero attached hydrogens (tertiary/aromatic N) is 1. The number of benzene rings is 1. The van der Waals surface area contributed by atoms with Gasteiger partial charge in [-0.1, -0.05) is 35.2 Å². The average Bonchev–Trinajstić information content (AvgIpc) is 3.05. The molecule has 0 N–H and O–H groups in total. The van der Waals surface area contributed by atoms with Crippen LogP contribution in [0, 0.1) is 5.92 Å². The van der Waals surface area contributed by atoms with Crippen LogP contribution < -0.4 is 0 Å². The number of amides is 1. The summed E-state index contributed by atoms with van der Waals surface area (Å²) in [5.74, 6) is 0.517. The molecule has 2 aliphatic rings. The number of hydrogen-bond acceptors (Lipinski definition) is 2. The van der Waals surface area contributed by atoms with Crippen molar-refractivity contribution in [1.29, 1.82) is 0 Å². The van der Waals surface area contributed by atoms with E-state index in [2.05, 4.69) is 15.9 Å². The first-order valence-electron chi connectivity index (χ1n) is 8.10. The smallest absolute Gasteiger partial charge is 0.225 e. The average molecular weight is 384 g/mol. The van der Waals surface area contributed by atoms with Crippen LogP contribution in [-0.4, -0.2) is 33.7 Å². The summed E-state index contributed by atoms with van der Waals surface area (Å²) < 4.78 is 13.7. The third-order valence-corrected chi connectivity index (χ3v) is 7.02. The first-order valence-corrected chi connectivity index (χ1v) is 10.1. The maximum absolute atomic E-state index is 12.7. The second-order valence-corrected chi connectivity index (χ2v) is 8.93. The van der Waals surface area contributed by atoms with Crippen molar-refractivity contribution in [2.45, 2.75) is 48.7 Å². The van der Waals surface area contributed by atoms with E-state index < -0.39 is 11.2 Å². The van der Waals surface area contributed by atoms with Crippen molar-refractivity contribution in [3.8, 4) is 0 Å². The highest BCUT2D eigenvalue weighted by molar-refractivity contribution is 9.10. The zero-order valence-electron chi connectivity index (χ0n) is 12.7. The van der Waals surface area contributed by atoms with Crippen LogP contribution in [0.3, 0.4) is 0 Å². The molecule has 1 saturated carbocycles. The monoisotopic (exact) mass is 383 g/mol. The summed E-state index contributed by atoms with van der Waals surface area (Å²) in [6, 6.07) is 7.66. The van der Waals surface area contributed by atoms with Crippen molar-refractivity contribution in [3.63, 3.8) is 0 Å². The van der Waals surface area contributed by atoms with Crippen LogP contribution in [0.5, 0.6) is 0 Å². The van der Waals surface area contributed by atoms with Gasteiger partial charge in [0.15, 0.2) is 4.90 Å². The van der Waals surface area contributed by atoms with Gasteiger partial charge in [0.2, 0.25) is 5.91 Å². The molecule has 0 radical (unpaired) electrons. The molecule has 2 fully saturated rings. The molecule has 3 rings (SSSR count). The first kappa shape index (κ1) is 16.3. The minimum atomic E-state index is -1.02. The Labute approximate surface area is 143 Å². The van der Waals surface area contributed by atoms with Gasteiger partial charge in [-0.25, -0.2) is 0 Å². The molecule has 1 aliphatic heterocycles. The fraction of sp³-hybridized carbons (Fsp3) is 0.588. The van der Waals surface area contributed by atoms with Crippen molar-refractivity contribution >= 4 is 33.0 Å². The summed E-state index contributed by atoms with van der Waals surface area (Å²) in [7, 11) is 0. The lowest BCUT2D eigenvalue weighted by Crippen LogP contribution is -2.37. The molecule has 2 atom stereocenters. The van der Waals surface area contributed by atoms with E-state index >= 15 is 0 Å². The Hall–Kier alpha value is -0.520. The van der Waals surface area contributed by atoms with Crippen molar-refractivity contribution < 1.29 is 9.35 Å². The van der Waals surface area contributed by atoms with E-state index in [1.807, 2.05) is 29.2 Å². The quantitative estimate of drug-likeness (QED) is 0.746. The molecule has 5 heteroatoms. The van der Waals surface area contributed by atoms with Gasteiger partial charge in [-0.15, -0.1) is 0 Å². The Morgan fingerprint density at radius 3 is 2.50 bits per heavy atom. The topological polar surface area (TPSA) is 43.4 Å². The summed E-state index contributed by atoms with van der Waals surface area (Å²) in [5, 5.41) is 0.0775. The highest BCUT2D eigenvalue weighted by atomic mass is 79.9. The minimum absolute atomic E-state index is 0.0775. The summed E-state index contributed by atoms with van der Waals surface area (Å²) in [5.41, 5.74) is 0. The molecule has 22 heavy (non-hydrogen) atoms. The fourth-order valence-electron chi connectivity index (χ4n) is 3.47. The number of likely N-dealkylation sites (tertiary alicyclic amines) is 1. The minimum Gasteiger partial charge on any atom is -0.611 e. The largest absolute Gasteiger partial charge is 0.611 e. The van der Waals surface area contributed by atoms with Gasteiger partial charge in [-0.05, 0) is 48.3 Å². The van der Waals surface area contributed by atoms with Crippen LogP contribution in [-0.2, 0) is 16.0 Å². The Morgan fingerprint density at radius 2 is 1.82 bits per heavy atom. The van der Waals surface area contributed by atoms with Gasteiger partial charge in [0.25, 0.3) is 0 Å². The molecule has 1 saturated heterocycles. The third-order valence-electron chi connectivity index (χ3n) is 4.76. The lowest BCUT2D eigenvalue weighted by atomic mass is 9.88. The highest BCUT2D eigenvalue weighted by Gasteiger charge is 2.37. The predicted molar refractivity (Wildman–Crippen MR) is 92.1 cm³/mol. The second-order valence-electron chi connectivity index (χ2n) is 6.28. The van der Waals surface area contributed by atoms with Gasteiger partial charge in [0.1, 0.15) is 5.25 Å². The van der Waals surface area contributed by atoms with Crippen molar-refractivity contribution in [2.24, 2.45) is 5.92 Å². The first-order chi connectivity index (χ1) is 10.6. The Morgan fingerprint density at radius 1 is 1.14 bits per heavy atom. The molecule has 1 aliphatic carbocycles. The molecule has 0 bridgehead atoms. The third kappa shape index (κ3) is 3.69. The maximum atomic E-state index is 12.7. The van der Waals surface area contributed by atoms with Crippen LogP contribution in [0.25, 0.3) is 0 Å². The molecular formula is C17H22BrNO2S. The van der Waals surface area contributed by atoms with Crippen molar-refractivity contribution in [3.05, 3.63) is 28.7 Å². The van der Waals surface area contributed by atoms with Crippen LogP contribution in [0.4, 0.5) is 0 Å². The van der Waals surface area contributed by atoms with Crippen LogP contribution in [0.15, 0.2) is 33.6 Å². The van der Waals surface area contributed by atoms with Gasteiger partial charge in [0.05, 0.1) is 6.54 Å². The number of rotatable bonds is 3. The number of halogens is 1. The van der Waals surface area contributed by atoms with Crippen LogP contribution >= 0.6 is 15.9 Å². The van der Waals surface area contributed by atoms with Gasteiger partial charge < -0.3 is 9.45 Å². The molecule has 2 unspecified atom stereocenters. The Kier molecular flexibility index (Phi) is 5.47. The zero-order valence-corrected chi connectivity index (χ0v) is 15.1. The molecule has 1 aromatic rings. The van der Waals surface area contributed by atoms with Crippen LogP contribution in [0.1, 0.15) is 38.5 Å². The van der Waals surface area contributed by atoms with Gasteiger partial charge in [-0.3, -0.25) is 4.79 Å². The summed E-state index contributed by atoms with van der Waals surface area (Å²) in [6.07, 6.45) is 6.55. The zero-order chi connectivity index (χ0) is 15.5. The van der Waals surface area contributed by atoms with E-state index in [-0.39, 0.29) is 11.2 Å². The summed E-state index contributed by atoms with van der Waals surface area (Å²) >= 11 is 2.38. The molecule has 120 valence electrons. The summed E-state index contributed by atoms with van der Waals surface area (Å²) in [6.45, 7) is 1.42. The molecule has 1 aromatic carbocycles. The molecule has 0 spiro atoms. The lowest BCUT2D eigenvalue weighted by Gasteiger charge is -2.26. The van der Waals surface area contributed by atoms with E-state index in [1.165, 1.54) is 19.3 Å². The van der Waals surface area contributed by atoms with Crippen molar-refractivity contribution in [2.75, 3.05) is 13.1 Å². The SMILES string of the molecule is O=C(C1CCCCC1)N1CCC([S+]([O-])c2ccc(Br)cc2)C1. The number of carbonyl (C=O) groups excluding carboxylic acids is 1. The van der Waals surface area contributed by atoms with Gasteiger partial charge in [-0.2, -0.15) is 0 Å². The standard InChI is InChI=1S/C17H22BrNO2S/c18-14-6-8-15(9-7-14)22(21)16-10-11-19(12-16)17(20)13-4-2-1-3-5-13/h6-9,13,16H,1-5,10-12H2. The molecule has 1 heterocycles. The normalized spacial score (nSPS) is 24.5. The Balaban J connectivity index is 1.59.